The highest BCUT2D eigenvalue weighted by atomic mass is 35.5. The van der Waals surface area contributed by atoms with Gasteiger partial charge < -0.3 is 19.3 Å². The van der Waals surface area contributed by atoms with Gasteiger partial charge in [-0.05, 0) is 48.9 Å². The van der Waals surface area contributed by atoms with Crippen molar-refractivity contribution in [2.45, 2.75) is 13.5 Å². The van der Waals surface area contributed by atoms with Crippen LogP contribution in [0.15, 0.2) is 88.0 Å². The summed E-state index contributed by atoms with van der Waals surface area (Å²) in [4.78, 5) is 29.7. The van der Waals surface area contributed by atoms with Crippen molar-refractivity contribution >= 4 is 46.4 Å². The van der Waals surface area contributed by atoms with Crippen LogP contribution < -0.4 is 9.47 Å². The van der Waals surface area contributed by atoms with E-state index in [1.54, 1.807) is 73.7 Å². The minimum atomic E-state index is -0.799. The number of carbonyl (C=O) groups is 2. The van der Waals surface area contributed by atoms with Gasteiger partial charge in [0.15, 0.2) is 11.5 Å². The van der Waals surface area contributed by atoms with Crippen LogP contribution in [0.2, 0.25) is 5.02 Å². The quantitative estimate of drug-likeness (QED) is 0.303. The number of methoxy groups -OCH3 is 1. The molecule has 0 spiro atoms. The number of aliphatic hydroxyl groups is 1. The lowest BCUT2D eigenvalue weighted by molar-refractivity contribution is -0.138. The predicted octanol–water partition coefficient (Wildman–Crippen LogP) is 6.50. The van der Waals surface area contributed by atoms with E-state index in [4.69, 9.17) is 25.8 Å². The molecule has 40 heavy (non-hydrogen) atoms. The van der Waals surface area contributed by atoms with Gasteiger partial charge in [0, 0.05) is 11.1 Å². The molecule has 1 amide bonds. The summed E-state index contributed by atoms with van der Waals surface area (Å²) in [5, 5.41) is 20.5. The predicted molar refractivity (Wildman–Crippen MR) is 154 cm³/mol. The van der Waals surface area contributed by atoms with Crippen LogP contribution in [0.4, 0.5) is 0 Å². The maximum Gasteiger partial charge on any atom is 0.344 e. The first-order valence-electron chi connectivity index (χ1n) is 12.0. The topological polar surface area (TPSA) is 118 Å². The average molecular weight is 575 g/mol. The molecule has 0 aromatic heterocycles. The number of ether oxygens (including phenoxy) is 3. The summed E-state index contributed by atoms with van der Waals surface area (Å²) in [6, 6.07) is 20.8. The number of amides is 1. The SMILES string of the molecule is CCOC(=O)C1=C(O)/C(=C/c2cc(Cl)c(OCc3ccccc3C#N)c(OC)c2)SC1=NC(=O)c1ccccc1. The van der Waals surface area contributed by atoms with Crippen LogP contribution in [-0.2, 0) is 16.1 Å². The number of nitrogens with zero attached hydrogens (tertiary/aromatic N) is 2. The Morgan fingerprint density at radius 2 is 1.85 bits per heavy atom. The van der Waals surface area contributed by atoms with E-state index in [0.717, 1.165) is 11.8 Å². The zero-order valence-electron chi connectivity index (χ0n) is 21.5. The molecule has 0 atom stereocenters. The van der Waals surface area contributed by atoms with Crippen LogP contribution in [0, 0.1) is 11.3 Å². The van der Waals surface area contributed by atoms with E-state index in [2.05, 4.69) is 11.1 Å². The third-order valence-corrected chi connectivity index (χ3v) is 6.95. The number of thioether (sulfide) groups is 1. The minimum absolute atomic E-state index is 0.0187. The Morgan fingerprint density at radius 3 is 2.55 bits per heavy atom. The summed E-state index contributed by atoms with van der Waals surface area (Å²) in [6.07, 6.45) is 1.58. The number of benzene rings is 3. The lowest BCUT2D eigenvalue weighted by atomic mass is 10.1. The summed E-state index contributed by atoms with van der Waals surface area (Å²) in [6.45, 7) is 1.81. The van der Waals surface area contributed by atoms with Gasteiger partial charge in [0.1, 0.15) is 23.0 Å². The molecule has 3 aromatic rings. The Morgan fingerprint density at radius 1 is 1.12 bits per heavy atom. The maximum atomic E-state index is 12.7. The molecule has 8 nitrogen and oxygen atoms in total. The van der Waals surface area contributed by atoms with Crippen molar-refractivity contribution in [3.8, 4) is 17.6 Å². The Kier molecular flexibility index (Phi) is 9.27. The van der Waals surface area contributed by atoms with E-state index in [0.29, 0.717) is 28.0 Å². The zero-order valence-corrected chi connectivity index (χ0v) is 23.1. The highest BCUT2D eigenvalue weighted by molar-refractivity contribution is 8.18. The number of halogens is 1. The molecular weight excluding hydrogens is 552 g/mol. The molecule has 4 rings (SSSR count). The fraction of sp³-hybridized carbons (Fsp3) is 0.133. The third-order valence-electron chi connectivity index (χ3n) is 5.65. The monoisotopic (exact) mass is 574 g/mol. The molecule has 0 saturated carbocycles. The van der Waals surface area contributed by atoms with E-state index < -0.39 is 11.9 Å². The number of hydrogen-bond donors (Lipinski definition) is 1. The number of aliphatic hydroxyl groups excluding tert-OH is 1. The summed E-state index contributed by atoms with van der Waals surface area (Å²) in [5.74, 6) is -1.14. The molecule has 1 aliphatic heterocycles. The van der Waals surface area contributed by atoms with Crippen molar-refractivity contribution in [2.75, 3.05) is 13.7 Å². The van der Waals surface area contributed by atoms with Crippen molar-refractivity contribution in [3.05, 3.63) is 110 Å². The van der Waals surface area contributed by atoms with Crippen LogP contribution in [0.1, 0.15) is 34.0 Å². The first-order chi connectivity index (χ1) is 19.4. The molecule has 0 bridgehead atoms. The van der Waals surface area contributed by atoms with Crippen LogP contribution in [0.5, 0.6) is 11.5 Å². The Bertz CT molecular complexity index is 1590. The fourth-order valence-electron chi connectivity index (χ4n) is 3.75. The van der Waals surface area contributed by atoms with Crippen molar-refractivity contribution in [3.63, 3.8) is 0 Å². The number of aliphatic imine (C=N–C) groups is 1. The van der Waals surface area contributed by atoms with Gasteiger partial charge in [0.05, 0.1) is 35.3 Å². The van der Waals surface area contributed by atoms with Crippen LogP contribution in [0.25, 0.3) is 6.08 Å². The lowest BCUT2D eigenvalue weighted by Crippen LogP contribution is -2.14. The smallest absolute Gasteiger partial charge is 0.344 e. The van der Waals surface area contributed by atoms with Gasteiger partial charge in [-0.25, -0.2) is 9.79 Å². The molecular formula is C30H23ClN2O6S. The van der Waals surface area contributed by atoms with Gasteiger partial charge in [-0.2, -0.15) is 5.26 Å². The molecule has 0 aliphatic carbocycles. The van der Waals surface area contributed by atoms with Gasteiger partial charge in [-0.15, -0.1) is 0 Å². The second-order valence-electron chi connectivity index (χ2n) is 8.23. The molecule has 1 heterocycles. The standard InChI is InChI=1S/C30H23ClN2O6S/c1-3-38-30(36)25-26(34)24(40-29(25)33-28(35)19-9-5-4-6-10-19)15-18-13-22(31)27(23(14-18)37-2)39-17-21-12-8-7-11-20(21)16-32/h4-15,34H,3,17H2,1-2H3/b24-15-,33-29?. The van der Waals surface area contributed by atoms with Gasteiger partial charge in [-0.3, -0.25) is 4.79 Å². The normalized spacial score (nSPS) is 14.8. The Hall–Kier alpha value is -4.52. The van der Waals surface area contributed by atoms with Crippen molar-refractivity contribution in [1.29, 1.82) is 5.26 Å². The molecule has 202 valence electrons. The number of nitriles is 1. The first-order valence-corrected chi connectivity index (χ1v) is 13.2. The third kappa shape index (κ3) is 6.37. The summed E-state index contributed by atoms with van der Waals surface area (Å²) in [5.41, 5.74) is 1.84. The molecule has 0 saturated heterocycles. The van der Waals surface area contributed by atoms with E-state index in [9.17, 15) is 20.0 Å². The van der Waals surface area contributed by atoms with E-state index in [-0.39, 0.29) is 45.3 Å². The van der Waals surface area contributed by atoms with Crippen molar-refractivity contribution in [2.24, 2.45) is 4.99 Å². The molecule has 1 N–H and O–H groups in total. The Balaban J connectivity index is 1.66. The van der Waals surface area contributed by atoms with Crippen LogP contribution >= 0.6 is 23.4 Å². The highest BCUT2D eigenvalue weighted by Crippen LogP contribution is 2.42. The number of hydrogen-bond acceptors (Lipinski definition) is 8. The van der Waals surface area contributed by atoms with E-state index in [1.807, 2.05) is 6.07 Å². The molecule has 3 aromatic carbocycles. The van der Waals surface area contributed by atoms with Gasteiger partial charge >= 0.3 is 5.97 Å². The average Bonchev–Trinajstić information content (AvgIpc) is 3.26. The highest BCUT2D eigenvalue weighted by Gasteiger charge is 2.34. The fourth-order valence-corrected chi connectivity index (χ4v) is 5.04. The van der Waals surface area contributed by atoms with Gasteiger partial charge in [0.25, 0.3) is 5.91 Å². The summed E-state index contributed by atoms with van der Waals surface area (Å²) in [7, 11) is 1.46. The number of carbonyl (C=O) groups excluding carboxylic acids is 2. The summed E-state index contributed by atoms with van der Waals surface area (Å²) < 4.78 is 16.5. The Labute approximate surface area is 240 Å². The molecule has 0 fully saturated rings. The number of esters is 1. The lowest BCUT2D eigenvalue weighted by Gasteiger charge is -2.14. The molecule has 0 unspecified atom stereocenters. The van der Waals surface area contributed by atoms with Crippen molar-refractivity contribution < 1.29 is 28.9 Å². The minimum Gasteiger partial charge on any atom is -0.506 e. The molecule has 1 aliphatic rings. The van der Waals surface area contributed by atoms with Gasteiger partial charge in [-0.1, -0.05) is 59.8 Å². The second-order valence-corrected chi connectivity index (χ2v) is 9.67. The van der Waals surface area contributed by atoms with Crippen LogP contribution in [0.3, 0.4) is 0 Å². The molecule has 0 radical (unpaired) electrons. The summed E-state index contributed by atoms with van der Waals surface area (Å²) >= 11 is 7.49. The zero-order chi connectivity index (χ0) is 28.6. The first kappa shape index (κ1) is 28.5. The largest absolute Gasteiger partial charge is 0.506 e. The van der Waals surface area contributed by atoms with Crippen LogP contribution in [-0.4, -0.2) is 35.7 Å². The van der Waals surface area contributed by atoms with E-state index in [1.165, 1.54) is 7.11 Å². The van der Waals surface area contributed by atoms with E-state index >= 15 is 0 Å². The second kappa shape index (κ2) is 13.0. The number of rotatable bonds is 8. The van der Waals surface area contributed by atoms with Gasteiger partial charge in [0.2, 0.25) is 0 Å². The maximum absolute atomic E-state index is 12.7. The molecule has 10 heteroatoms. The van der Waals surface area contributed by atoms with Crippen molar-refractivity contribution in [1.82, 2.24) is 0 Å².